The zero-order chi connectivity index (χ0) is 19.1. The highest BCUT2D eigenvalue weighted by atomic mass is 16.5. The summed E-state index contributed by atoms with van der Waals surface area (Å²) in [7, 11) is 0. The molecular formula is C21H24N2O4. The number of amides is 2. The zero-order valence-electron chi connectivity index (χ0n) is 15.1. The number of rotatable bonds is 7. The van der Waals surface area contributed by atoms with Crippen LogP contribution >= 0.6 is 0 Å². The molecule has 2 aromatic carbocycles. The van der Waals surface area contributed by atoms with Crippen LogP contribution in [0, 0.1) is 0 Å². The predicted molar refractivity (Wildman–Crippen MR) is 102 cm³/mol. The van der Waals surface area contributed by atoms with E-state index in [1.54, 1.807) is 0 Å². The first kappa shape index (κ1) is 18.8. The van der Waals surface area contributed by atoms with E-state index in [1.807, 2.05) is 42.5 Å². The van der Waals surface area contributed by atoms with Gasteiger partial charge in [0.1, 0.15) is 5.75 Å². The number of aliphatic carboxylic acids is 1. The number of carboxylic acids is 1. The first-order valence-corrected chi connectivity index (χ1v) is 9.20. The maximum atomic E-state index is 12.3. The second kappa shape index (κ2) is 9.07. The quantitative estimate of drug-likeness (QED) is 0.655. The molecule has 1 atom stereocenters. The van der Waals surface area contributed by atoms with E-state index in [0.717, 1.165) is 41.9 Å². The van der Waals surface area contributed by atoms with Gasteiger partial charge in [0, 0.05) is 13.0 Å². The van der Waals surface area contributed by atoms with E-state index in [9.17, 15) is 9.59 Å². The number of ether oxygens (including phenoxy) is 1. The molecule has 0 aromatic heterocycles. The Hall–Kier alpha value is -3.02. The summed E-state index contributed by atoms with van der Waals surface area (Å²) in [4.78, 5) is 22.9. The van der Waals surface area contributed by atoms with Crippen LogP contribution in [0.25, 0.3) is 0 Å². The van der Waals surface area contributed by atoms with Crippen molar-refractivity contribution in [2.75, 3.05) is 13.2 Å². The van der Waals surface area contributed by atoms with Gasteiger partial charge < -0.3 is 20.5 Å². The van der Waals surface area contributed by atoms with Gasteiger partial charge in [-0.1, -0.05) is 36.4 Å². The summed E-state index contributed by atoms with van der Waals surface area (Å²) in [6.45, 7) is 1.06. The minimum Gasteiger partial charge on any atom is -0.493 e. The normalized spacial score (nSPS) is 13.8. The summed E-state index contributed by atoms with van der Waals surface area (Å²) in [5.74, 6) is 0.0468. The van der Waals surface area contributed by atoms with E-state index in [-0.39, 0.29) is 18.5 Å². The van der Waals surface area contributed by atoms with Crippen LogP contribution in [0.4, 0.5) is 4.79 Å². The van der Waals surface area contributed by atoms with Crippen molar-refractivity contribution in [1.82, 2.24) is 10.6 Å². The molecule has 6 heteroatoms. The summed E-state index contributed by atoms with van der Waals surface area (Å²) >= 11 is 0. The molecule has 0 saturated carbocycles. The molecule has 1 heterocycles. The molecule has 0 spiro atoms. The number of hydrogen-bond donors (Lipinski definition) is 3. The number of aryl methyl sites for hydroxylation is 1. The van der Waals surface area contributed by atoms with Crippen molar-refractivity contribution < 1.29 is 19.4 Å². The third-order valence-corrected chi connectivity index (χ3v) is 4.53. The molecule has 27 heavy (non-hydrogen) atoms. The molecule has 3 rings (SSSR count). The Labute approximate surface area is 158 Å². The van der Waals surface area contributed by atoms with Crippen LogP contribution in [-0.2, 0) is 11.2 Å². The molecular weight excluding hydrogens is 344 g/mol. The van der Waals surface area contributed by atoms with E-state index in [2.05, 4.69) is 16.7 Å². The van der Waals surface area contributed by atoms with E-state index in [4.69, 9.17) is 9.84 Å². The number of carbonyl (C=O) groups is 2. The average Bonchev–Trinajstić information content (AvgIpc) is 2.69. The first-order chi connectivity index (χ1) is 13.1. The Kier molecular flexibility index (Phi) is 6.30. The van der Waals surface area contributed by atoms with E-state index in [0.29, 0.717) is 13.0 Å². The third kappa shape index (κ3) is 5.23. The number of carbonyl (C=O) groups excluding carboxylic acids is 1. The van der Waals surface area contributed by atoms with Crippen molar-refractivity contribution in [1.29, 1.82) is 0 Å². The first-order valence-electron chi connectivity index (χ1n) is 9.20. The number of urea groups is 1. The third-order valence-electron chi connectivity index (χ3n) is 4.53. The van der Waals surface area contributed by atoms with Gasteiger partial charge >= 0.3 is 12.0 Å². The molecule has 1 aliphatic rings. The smallest absolute Gasteiger partial charge is 0.315 e. The van der Waals surface area contributed by atoms with Gasteiger partial charge in [-0.05, 0) is 48.1 Å². The minimum absolute atomic E-state index is 0.0349. The van der Waals surface area contributed by atoms with Crippen LogP contribution in [0.2, 0.25) is 0 Å². The lowest BCUT2D eigenvalue weighted by Crippen LogP contribution is -2.39. The van der Waals surface area contributed by atoms with Gasteiger partial charge in [-0.3, -0.25) is 4.79 Å². The van der Waals surface area contributed by atoms with Crippen LogP contribution < -0.4 is 15.4 Å². The Balaban J connectivity index is 1.74. The largest absolute Gasteiger partial charge is 0.493 e. The molecule has 6 nitrogen and oxygen atoms in total. The number of benzene rings is 2. The SMILES string of the molecule is O=C(O)CCCNC(=O)NC(c1ccccc1)c1ccc2c(c1)CCCO2. The maximum absolute atomic E-state index is 12.3. The van der Waals surface area contributed by atoms with Crippen LogP contribution in [-0.4, -0.2) is 30.3 Å². The number of carboxylic acid groups (broad SMARTS) is 1. The van der Waals surface area contributed by atoms with Crippen molar-refractivity contribution in [2.45, 2.75) is 31.7 Å². The molecule has 1 unspecified atom stereocenters. The highest BCUT2D eigenvalue weighted by Gasteiger charge is 2.19. The van der Waals surface area contributed by atoms with Crippen LogP contribution in [0.5, 0.6) is 5.75 Å². The fourth-order valence-corrected chi connectivity index (χ4v) is 3.19. The molecule has 0 fully saturated rings. The second-order valence-electron chi connectivity index (χ2n) is 6.56. The van der Waals surface area contributed by atoms with Crippen LogP contribution in [0.3, 0.4) is 0 Å². The van der Waals surface area contributed by atoms with Gasteiger partial charge in [0.15, 0.2) is 0 Å². The van der Waals surface area contributed by atoms with Crippen LogP contribution in [0.15, 0.2) is 48.5 Å². The molecule has 0 aliphatic carbocycles. The lowest BCUT2D eigenvalue weighted by atomic mass is 9.95. The second-order valence-corrected chi connectivity index (χ2v) is 6.56. The Morgan fingerprint density at radius 1 is 1.11 bits per heavy atom. The Morgan fingerprint density at radius 3 is 2.70 bits per heavy atom. The molecule has 3 N–H and O–H groups in total. The number of fused-ring (bicyclic) bond motifs is 1. The topological polar surface area (TPSA) is 87.7 Å². The molecule has 2 aromatic rings. The lowest BCUT2D eigenvalue weighted by molar-refractivity contribution is -0.137. The van der Waals surface area contributed by atoms with Gasteiger partial charge in [-0.25, -0.2) is 4.79 Å². The summed E-state index contributed by atoms with van der Waals surface area (Å²) in [5.41, 5.74) is 3.13. The zero-order valence-corrected chi connectivity index (χ0v) is 15.1. The summed E-state index contributed by atoms with van der Waals surface area (Å²) in [6, 6.07) is 15.2. The minimum atomic E-state index is -0.865. The molecule has 0 bridgehead atoms. The van der Waals surface area contributed by atoms with Gasteiger partial charge in [0.05, 0.1) is 12.6 Å². The highest BCUT2D eigenvalue weighted by Crippen LogP contribution is 2.30. The Morgan fingerprint density at radius 2 is 1.93 bits per heavy atom. The Bertz CT molecular complexity index is 792. The van der Waals surface area contributed by atoms with Crippen molar-refractivity contribution in [2.24, 2.45) is 0 Å². The molecule has 2 amide bonds. The highest BCUT2D eigenvalue weighted by molar-refractivity contribution is 5.75. The summed E-state index contributed by atoms with van der Waals surface area (Å²) in [5, 5.41) is 14.4. The van der Waals surface area contributed by atoms with Crippen LogP contribution in [0.1, 0.15) is 42.0 Å². The molecule has 0 saturated heterocycles. The van der Waals surface area contributed by atoms with Crippen molar-refractivity contribution in [3.63, 3.8) is 0 Å². The lowest BCUT2D eigenvalue weighted by Gasteiger charge is -2.23. The van der Waals surface area contributed by atoms with Crippen molar-refractivity contribution in [3.05, 3.63) is 65.2 Å². The van der Waals surface area contributed by atoms with Gasteiger partial charge in [-0.2, -0.15) is 0 Å². The predicted octanol–water partition coefficient (Wildman–Crippen LogP) is 3.27. The number of nitrogens with one attached hydrogen (secondary N) is 2. The van der Waals surface area contributed by atoms with Crippen molar-refractivity contribution in [3.8, 4) is 5.75 Å². The van der Waals surface area contributed by atoms with Gasteiger partial charge in [0.25, 0.3) is 0 Å². The van der Waals surface area contributed by atoms with E-state index in [1.165, 1.54) is 0 Å². The van der Waals surface area contributed by atoms with E-state index >= 15 is 0 Å². The summed E-state index contributed by atoms with van der Waals surface area (Å²) in [6.07, 6.45) is 2.39. The number of hydrogen-bond acceptors (Lipinski definition) is 3. The molecule has 1 aliphatic heterocycles. The summed E-state index contributed by atoms with van der Waals surface area (Å²) < 4.78 is 5.68. The van der Waals surface area contributed by atoms with E-state index < -0.39 is 5.97 Å². The fourth-order valence-electron chi connectivity index (χ4n) is 3.19. The van der Waals surface area contributed by atoms with Gasteiger partial charge in [-0.15, -0.1) is 0 Å². The average molecular weight is 368 g/mol. The standard InChI is InChI=1S/C21H24N2O4/c24-19(25)9-4-12-22-21(26)23-20(15-6-2-1-3-7-15)17-10-11-18-16(14-17)8-5-13-27-18/h1-3,6-7,10-11,14,20H,4-5,8-9,12-13H2,(H,24,25)(H2,22,23,26). The maximum Gasteiger partial charge on any atom is 0.315 e. The fraction of sp³-hybridized carbons (Fsp3) is 0.333. The van der Waals surface area contributed by atoms with Crippen molar-refractivity contribution >= 4 is 12.0 Å². The molecule has 0 radical (unpaired) electrons. The van der Waals surface area contributed by atoms with Gasteiger partial charge in [0.2, 0.25) is 0 Å². The molecule has 142 valence electrons. The monoisotopic (exact) mass is 368 g/mol.